The molecule has 0 amide bonds. The van der Waals surface area contributed by atoms with Gasteiger partial charge in [-0.15, -0.1) is 0 Å². The first-order valence-corrected chi connectivity index (χ1v) is 5.12. The van der Waals surface area contributed by atoms with Crippen molar-refractivity contribution in [1.82, 2.24) is 0 Å². The molecule has 1 rings (SSSR count). The average Bonchev–Trinajstić information content (AvgIpc) is 2.09. The molecule has 0 heterocycles. The van der Waals surface area contributed by atoms with E-state index < -0.39 is 0 Å². The van der Waals surface area contributed by atoms with E-state index in [0.29, 0.717) is 0 Å². The Bertz CT molecular complexity index is 218. The molecule has 0 bridgehead atoms. The monoisotopic (exact) mass is 227 g/mol. The molecule has 0 aliphatic carbocycles. The SMILES string of the molecule is Cc1c[c]c(OCCCBr)cc1. The van der Waals surface area contributed by atoms with Gasteiger partial charge in [-0.3, -0.25) is 0 Å². The van der Waals surface area contributed by atoms with Gasteiger partial charge in [0.05, 0.1) is 6.61 Å². The molecule has 1 nitrogen and oxygen atoms in total. The third-order valence-electron chi connectivity index (χ3n) is 1.48. The number of hydrogen-bond acceptors (Lipinski definition) is 1. The van der Waals surface area contributed by atoms with Crippen molar-refractivity contribution in [3.63, 3.8) is 0 Å². The lowest BCUT2D eigenvalue weighted by molar-refractivity contribution is 0.318. The highest BCUT2D eigenvalue weighted by Gasteiger charge is 1.91. The first-order valence-electron chi connectivity index (χ1n) is 4.00. The van der Waals surface area contributed by atoms with E-state index in [1.165, 1.54) is 5.56 Å². The Morgan fingerprint density at radius 1 is 1.50 bits per heavy atom. The van der Waals surface area contributed by atoms with Crippen LogP contribution in [0.2, 0.25) is 0 Å². The van der Waals surface area contributed by atoms with E-state index in [2.05, 4.69) is 22.0 Å². The third-order valence-corrected chi connectivity index (χ3v) is 2.04. The molecule has 0 spiro atoms. The number of rotatable bonds is 4. The summed E-state index contributed by atoms with van der Waals surface area (Å²) in [5, 5.41) is 0.985. The second kappa shape index (κ2) is 5.20. The molecule has 0 saturated carbocycles. The van der Waals surface area contributed by atoms with E-state index in [9.17, 15) is 0 Å². The van der Waals surface area contributed by atoms with Gasteiger partial charge in [0.2, 0.25) is 0 Å². The maximum atomic E-state index is 5.42. The summed E-state index contributed by atoms with van der Waals surface area (Å²) in [5.41, 5.74) is 1.21. The van der Waals surface area contributed by atoms with Crippen LogP contribution in [0.1, 0.15) is 12.0 Å². The molecule has 0 aliphatic rings. The molecule has 2 heteroatoms. The molecule has 0 aromatic heterocycles. The maximum Gasteiger partial charge on any atom is 0.127 e. The molecule has 1 aromatic carbocycles. The quantitative estimate of drug-likeness (QED) is 0.568. The molecule has 0 saturated heterocycles. The van der Waals surface area contributed by atoms with Crippen LogP contribution in [0.5, 0.6) is 5.75 Å². The maximum absolute atomic E-state index is 5.42. The Morgan fingerprint density at radius 3 is 2.92 bits per heavy atom. The first-order chi connectivity index (χ1) is 5.83. The zero-order chi connectivity index (χ0) is 8.81. The molecule has 12 heavy (non-hydrogen) atoms. The van der Waals surface area contributed by atoms with Crippen LogP contribution in [0.25, 0.3) is 0 Å². The smallest absolute Gasteiger partial charge is 0.127 e. The van der Waals surface area contributed by atoms with Crippen molar-refractivity contribution >= 4 is 15.9 Å². The van der Waals surface area contributed by atoms with Crippen LogP contribution >= 0.6 is 15.9 Å². The van der Waals surface area contributed by atoms with E-state index in [1.807, 2.05) is 25.1 Å². The zero-order valence-corrected chi connectivity index (χ0v) is 8.73. The van der Waals surface area contributed by atoms with Crippen LogP contribution < -0.4 is 4.74 Å². The molecule has 0 fully saturated rings. The molecule has 0 aliphatic heterocycles. The predicted molar refractivity (Wildman–Crippen MR) is 53.9 cm³/mol. The summed E-state index contributed by atoms with van der Waals surface area (Å²) in [6, 6.07) is 8.97. The molecule has 65 valence electrons. The molecule has 1 radical (unpaired) electrons. The molecule has 1 aromatic rings. The third kappa shape index (κ3) is 3.26. The minimum Gasteiger partial charge on any atom is -0.493 e. The Morgan fingerprint density at radius 2 is 2.33 bits per heavy atom. The lowest BCUT2D eigenvalue weighted by Crippen LogP contribution is -1.97. The fourth-order valence-corrected chi connectivity index (χ4v) is 1.04. The summed E-state index contributed by atoms with van der Waals surface area (Å²) in [7, 11) is 0. The largest absolute Gasteiger partial charge is 0.493 e. The summed E-state index contributed by atoms with van der Waals surface area (Å²) in [5.74, 6) is 0.835. The Balaban J connectivity index is 2.37. The highest BCUT2D eigenvalue weighted by molar-refractivity contribution is 9.09. The summed E-state index contributed by atoms with van der Waals surface area (Å²) in [4.78, 5) is 0. The first kappa shape index (κ1) is 9.59. The van der Waals surface area contributed by atoms with Gasteiger partial charge in [0.15, 0.2) is 0 Å². The van der Waals surface area contributed by atoms with Crippen LogP contribution in [-0.4, -0.2) is 11.9 Å². The van der Waals surface area contributed by atoms with E-state index in [0.717, 1.165) is 24.1 Å². The molecular formula is C10H12BrO. The van der Waals surface area contributed by atoms with E-state index in [4.69, 9.17) is 4.74 Å². The number of alkyl halides is 1. The summed E-state index contributed by atoms with van der Waals surface area (Å²) < 4.78 is 5.42. The molecule has 0 N–H and O–H groups in total. The number of aryl methyl sites for hydroxylation is 1. The number of benzene rings is 1. The molecule has 0 unspecified atom stereocenters. The Kier molecular flexibility index (Phi) is 4.15. The van der Waals surface area contributed by atoms with Gasteiger partial charge in [-0.25, -0.2) is 0 Å². The topological polar surface area (TPSA) is 9.23 Å². The van der Waals surface area contributed by atoms with Crippen molar-refractivity contribution in [3.05, 3.63) is 29.8 Å². The lowest BCUT2D eigenvalue weighted by atomic mass is 10.2. The van der Waals surface area contributed by atoms with Crippen LogP contribution in [0.15, 0.2) is 18.2 Å². The second-order valence-electron chi connectivity index (χ2n) is 2.62. The minimum absolute atomic E-state index is 0.755. The zero-order valence-electron chi connectivity index (χ0n) is 7.14. The van der Waals surface area contributed by atoms with Gasteiger partial charge in [0.25, 0.3) is 0 Å². The Hall–Kier alpha value is -0.500. The second-order valence-corrected chi connectivity index (χ2v) is 3.41. The summed E-state index contributed by atoms with van der Waals surface area (Å²) in [6.07, 6.45) is 1.03. The van der Waals surface area contributed by atoms with E-state index in [1.54, 1.807) is 0 Å². The minimum atomic E-state index is 0.755. The van der Waals surface area contributed by atoms with Gasteiger partial charge in [-0.1, -0.05) is 27.6 Å². The number of ether oxygens (including phenoxy) is 1. The van der Waals surface area contributed by atoms with Crippen molar-refractivity contribution in [1.29, 1.82) is 0 Å². The van der Waals surface area contributed by atoms with Gasteiger partial charge in [0.1, 0.15) is 5.75 Å². The van der Waals surface area contributed by atoms with Crippen molar-refractivity contribution in [3.8, 4) is 5.75 Å². The predicted octanol–water partition coefficient (Wildman–Crippen LogP) is 2.96. The van der Waals surface area contributed by atoms with Crippen LogP contribution in [-0.2, 0) is 0 Å². The van der Waals surface area contributed by atoms with Gasteiger partial charge in [-0.2, -0.15) is 0 Å². The highest BCUT2D eigenvalue weighted by atomic mass is 79.9. The van der Waals surface area contributed by atoms with Crippen LogP contribution in [0.3, 0.4) is 0 Å². The summed E-state index contributed by atoms with van der Waals surface area (Å²) >= 11 is 3.34. The molecular weight excluding hydrogens is 216 g/mol. The van der Waals surface area contributed by atoms with Crippen LogP contribution in [0, 0.1) is 13.0 Å². The molecule has 0 atom stereocenters. The van der Waals surface area contributed by atoms with Crippen molar-refractivity contribution < 1.29 is 4.74 Å². The number of halogens is 1. The lowest BCUT2D eigenvalue weighted by Gasteiger charge is -2.03. The van der Waals surface area contributed by atoms with Crippen LogP contribution in [0.4, 0.5) is 0 Å². The van der Waals surface area contributed by atoms with Gasteiger partial charge < -0.3 is 4.74 Å². The standard InChI is InChI=1S/C10H12BrO/c1-9-3-5-10(6-4-9)12-8-2-7-11/h3-5H,2,7-8H2,1H3. The van der Waals surface area contributed by atoms with Gasteiger partial charge in [-0.05, 0) is 25.5 Å². The van der Waals surface area contributed by atoms with Gasteiger partial charge in [0, 0.05) is 11.4 Å². The average molecular weight is 228 g/mol. The fourth-order valence-electron chi connectivity index (χ4n) is 0.815. The van der Waals surface area contributed by atoms with Crippen molar-refractivity contribution in [2.24, 2.45) is 0 Å². The van der Waals surface area contributed by atoms with Crippen molar-refractivity contribution in [2.75, 3.05) is 11.9 Å². The van der Waals surface area contributed by atoms with Crippen molar-refractivity contribution in [2.45, 2.75) is 13.3 Å². The highest BCUT2D eigenvalue weighted by Crippen LogP contribution is 2.10. The normalized spacial score (nSPS) is 9.83. The van der Waals surface area contributed by atoms with E-state index >= 15 is 0 Å². The number of hydrogen-bond donors (Lipinski definition) is 0. The Labute approximate surface area is 81.9 Å². The summed E-state index contributed by atoms with van der Waals surface area (Å²) in [6.45, 7) is 2.80. The van der Waals surface area contributed by atoms with Gasteiger partial charge >= 0.3 is 0 Å². The fraction of sp³-hybridized carbons (Fsp3) is 0.400. The van der Waals surface area contributed by atoms with E-state index in [-0.39, 0.29) is 0 Å².